The fraction of sp³-hybridized carbons (Fsp3) is 0.250. The van der Waals surface area contributed by atoms with Crippen LogP contribution in [-0.4, -0.2) is 41.1 Å². The Morgan fingerprint density at radius 2 is 1.73 bits per heavy atom. The summed E-state index contributed by atoms with van der Waals surface area (Å²) in [4.78, 5) is 39.9. The Hall–Kier alpha value is -4.32. The van der Waals surface area contributed by atoms with Crippen molar-refractivity contribution in [2.45, 2.75) is 27.7 Å². The van der Waals surface area contributed by atoms with E-state index in [2.05, 4.69) is 16.4 Å². The summed E-state index contributed by atoms with van der Waals surface area (Å²) in [7, 11) is 1.25. The van der Waals surface area contributed by atoms with Gasteiger partial charge in [-0.2, -0.15) is 5.26 Å². The molecule has 9 nitrogen and oxygen atoms in total. The zero-order chi connectivity index (χ0) is 24.3. The van der Waals surface area contributed by atoms with Gasteiger partial charge in [-0.25, -0.2) is 9.59 Å². The number of nitrogens with zero attached hydrogens (tertiary/aromatic N) is 2. The quantitative estimate of drug-likeness (QED) is 0.556. The number of carbonyl (C=O) groups excluding carboxylic acids is 3. The Morgan fingerprint density at radius 3 is 2.33 bits per heavy atom. The van der Waals surface area contributed by atoms with Crippen LogP contribution in [0.5, 0.6) is 0 Å². The lowest BCUT2D eigenvalue weighted by atomic mass is 10.1. The molecule has 0 radical (unpaired) electrons. The number of aromatic nitrogens is 2. The fourth-order valence-electron chi connectivity index (χ4n) is 3.69. The molecule has 0 saturated heterocycles. The van der Waals surface area contributed by atoms with Crippen LogP contribution >= 0.6 is 0 Å². The Labute approximate surface area is 190 Å². The molecular weight excluding hydrogens is 424 g/mol. The number of para-hydroxylation sites is 1. The van der Waals surface area contributed by atoms with Gasteiger partial charge in [-0.1, -0.05) is 18.2 Å². The number of methoxy groups -OCH3 is 1. The molecule has 9 heteroatoms. The van der Waals surface area contributed by atoms with Gasteiger partial charge in [0.2, 0.25) is 0 Å². The van der Waals surface area contributed by atoms with Crippen LogP contribution in [0.3, 0.4) is 0 Å². The van der Waals surface area contributed by atoms with Crippen molar-refractivity contribution in [1.29, 1.82) is 5.26 Å². The number of aryl methyl sites for hydroxylation is 1. The van der Waals surface area contributed by atoms with Gasteiger partial charge in [0.25, 0.3) is 5.91 Å². The summed E-state index contributed by atoms with van der Waals surface area (Å²) in [6.45, 7) is 6.30. The predicted molar refractivity (Wildman–Crippen MR) is 120 cm³/mol. The van der Waals surface area contributed by atoms with Crippen LogP contribution in [0.2, 0.25) is 0 Å². The number of hydrogen-bond acceptors (Lipinski definition) is 6. The minimum absolute atomic E-state index is 0.0674. The largest absolute Gasteiger partial charge is 0.465 e. The summed E-state index contributed by atoms with van der Waals surface area (Å²) in [5.74, 6) is -1.66. The van der Waals surface area contributed by atoms with Gasteiger partial charge in [-0.3, -0.25) is 9.36 Å². The van der Waals surface area contributed by atoms with Crippen LogP contribution in [0.15, 0.2) is 30.3 Å². The minimum atomic E-state index is -0.785. The Balaban J connectivity index is 1.80. The maximum absolute atomic E-state index is 12.6. The van der Waals surface area contributed by atoms with Crippen molar-refractivity contribution in [2.24, 2.45) is 0 Å². The maximum Gasteiger partial charge on any atom is 0.355 e. The molecule has 1 amide bonds. The molecule has 0 saturated carbocycles. The Bertz CT molecular complexity index is 1280. The molecule has 2 N–H and O–H groups in total. The molecule has 0 aliphatic heterocycles. The lowest BCUT2D eigenvalue weighted by Gasteiger charge is -2.13. The molecule has 0 aliphatic carbocycles. The van der Waals surface area contributed by atoms with Gasteiger partial charge >= 0.3 is 11.9 Å². The molecule has 0 fully saturated rings. The molecule has 0 aliphatic rings. The highest BCUT2D eigenvalue weighted by Gasteiger charge is 2.25. The number of hydrogen-bond donors (Lipinski definition) is 2. The molecule has 1 aromatic carbocycles. The monoisotopic (exact) mass is 448 g/mol. The van der Waals surface area contributed by atoms with Crippen molar-refractivity contribution >= 4 is 23.7 Å². The number of nitriles is 1. The van der Waals surface area contributed by atoms with Crippen LogP contribution < -0.4 is 5.32 Å². The van der Waals surface area contributed by atoms with E-state index >= 15 is 0 Å². The zero-order valence-corrected chi connectivity index (χ0v) is 19.0. The summed E-state index contributed by atoms with van der Waals surface area (Å²) >= 11 is 0. The van der Waals surface area contributed by atoms with Gasteiger partial charge in [0, 0.05) is 17.1 Å². The summed E-state index contributed by atoms with van der Waals surface area (Å²) in [5.41, 5.74) is 3.80. The second-order valence-electron chi connectivity index (χ2n) is 7.46. The van der Waals surface area contributed by atoms with E-state index in [9.17, 15) is 19.6 Å². The molecule has 33 heavy (non-hydrogen) atoms. The first-order chi connectivity index (χ1) is 15.7. The molecule has 3 rings (SSSR count). The number of H-pyrrole nitrogens is 1. The van der Waals surface area contributed by atoms with Gasteiger partial charge in [0.05, 0.1) is 18.2 Å². The number of carbonyl (C=O) groups is 3. The van der Waals surface area contributed by atoms with Crippen molar-refractivity contribution in [3.63, 3.8) is 0 Å². The lowest BCUT2D eigenvalue weighted by Crippen LogP contribution is -2.23. The second kappa shape index (κ2) is 9.44. The third-order valence-corrected chi connectivity index (χ3v) is 5.46. The number of anilines is 1. The first-order valence-electron chi connectivity index (χ1n) is 10.1. The Morgan fingerprint density at radius 1 is 1.06 bits per heavy atom. The van der Waals surface area contributed by atoms with E-state index < -0.39 is 24.5 Å². The molecule has 170 valence electrons. The van der Waals surface area contributed by atoms with E-state index in [1.54, 1.807) is 25.3 Å². The smallest absolute Gasteiger partial charge is 0.355 e. The van der Waals surface area contributed by atoms with Gasteiger partial charge in [-0.15, -0.1) is 0 Å². The van der Waals surface area contributed by atoms with Crippen LogP contribution in [0.1, 0.15) is 48.9 Å². The zero-order valence-electron chi connectivity index (χ0n) is 19.0. The molecule has 0 unspecified atom stereocenters. The van der Waals surface area contributed by atoms with Crippen molar-refractivity contribution in [2.75, 3.05) is 19.0 Å². The highest BCUT2D eigenvalue weighted by Crippen LogP contribution is 2.30. The number of rotatable bonds is 6. The normalized spacial score (nSPS) is 10.4. The van der Waals surface area contributed by atoms with Crippen LogP contribution in [0.4, 0.5) is 5.82 Å². The van der Waals surface area contributed by atoms with Crippen LogP contribution in [0, 0.1) is 39.0 Å². The first kappa shape index (κ1) is 23.3. The van der Waals surface area contributed by atoms with Gasteiger partial charge in [0.15, 0.2) is 6.61 Å². The topological polar surface area (TPSA) is 126 Å². The van der Waals surface area contributed by atoms with Gasteiger partial charge in [0.1, 0.15) is 17.6 Å². The maximum atomic E-state index is 12.6. The summed E-state index contributed by atoms with van der Waals surface area (Å²) in [5, 5.41) is 12.3. The van der Waals surface area contributed by atoms with Crippen LogP contribution in [0.25, 0.3) is 5.69 Å². The first-order valence-corrected chi connectivity index (χ1v) is 10.1. The molecule has 0 bridgehead atoms. The van der Waals surface area contributed by atoms with E-state index in [0.717, 1.165) is 16.9 Å². The fourth-order valence-corrected chi connectivity index (χ4v) is 3.69. The highest BCUT2D eigenvalue weighted by atomic mass is 16.5. The van der Waals surface area contributed by atoms with Crippen molar-refractivity contribution in [3.8, 4) is 11.8 Å². The second-order valence-corrected chi connectivity index (χ2v) is 7.46. The summed E-state index contributed by atoms with van der Waals surface area (Å²) in [6, 6.07) is 11.4. The van der Waals surface area contributed by atoms with E-state index in [4.69, 9.17) is 9.47 Å². The lowest BCUT2D eigenvalue weighted by molar-refractivity contribution is -0.119. The molecular formula is C24H24N4O5. The standard InChI is InChI=1S/C24H24N4O5/c1-13-16(4)28(17-9-7-6-8-10-17)22(18(13)11-25)27-19(29)12-33-24(31)21-14(2)20(15(3)26-21)23(30)32-5/h6-10,26H,12H2,1-5H3,(H,27,29). The van der Waals surface area contributed by atoms with E-state index in [-0.39, 0.29) is 11.3 Å². The average molecular weight is 448 g/mol. The third-order valence-electron chi connectivity index (χ3n) is 5.46. The van der Waals surface area contributed by atoms with Crippen molar-refractivity contribution in [3.05, 3.63) is 69.7 Å². The van der Waals surface area contributed by atoms with E-state index in [1.165, 1.54) is 7.11 Å². The molecule has 0 spiro atoms. The summed E-state index contributed by atoms with van der Waals surface area (Å²) in [6.07, 6.45) is 0. The number of nitrogens with one attached hydrogen (secondary N) is 2. The van der Waals surface area contributed by atoms with Crippen molar-refractivity contribution < 1.29 is 23.9 Å². The Kier molecular flexibility index (Phi) is 6.68. The SMILES string of the molecule is COC(=O)c1c(C)[nH]c(C(=O)OCC(=O)Nc2c(C#N)c(C)c(C)n2-c2ccccc2)c1C. The molecule has 3 aromatic rings. The highest BCUT2D eigenvalue weighted by molar-refractivity contribution is 6.00. The predicted octanol–water partition coefficient (Wildman–Crippen LogP) is 3.49. The number of amides is 1. The number of esters is 2. The van der Waals surface area contributed by atoms with Gasteiger partial charge in [-0.05, 0) is 51.0 Å². The van der Waals surface area contributed by atoms with E-state index in [1.807, 2.05) is 37.3 Å². The molecule has 2 heterocycles. The number of ether oxygens (including phenoxy) is 2. The van der Waals surface area contributed by atoms with E-state index in [0.29, 0.717) is 22.6 Å². The summed E-state index contributed by atoms with van der Waals surface area (Å²) < 4.78 is 11.7. The third kappa shape index (κ3) is 4.36. The van der Waals surface area contributed by atoms with Gasteiger partial charge < -0.3 is 19.8 Å². The number of benzene rings is 1. The minimum Gasteiger partial charge on any atom is -0.465 e. The van der Waals surface area contributed by atoms with Crippen molar-refractivity contribution in [1.82, 2.24) is 9.55 Å². The van der Waals surface area contributed by atoms with Crippen LogP contribution in [-0.2, 0) is 14.3 Å². The molecule has 0 atom stereocenters. The number of aromatic amines is 1. The molecule has 2 aromatic heterocycles. The average Bonchev–Trinajstić information content (AvgIpc) is 3.23.